The maximum Gasteiger partial charge on any atom is 0.234 e. The summed E-state index contributed by atoms with van der Waals surface area (Å²) in [6.07, 6.45) is 1.56. The average Bonchev–Trinajstić information content (AvgIpc) is 2.28. The predicted molar refractivity (Wildman–Crippen MR) is 83.0 cm³/mol. The van der Waals surface area contributed by atoms with Gasteiger partial charge in [-0.2, -0.15) is 0 Å². The summed E-state index contributed by atoms with van der Waals surface area (Å²) in [7, 11) is 0. The Hall–Kier alpha value is -0.690. The van der Waals surface area contributed by atoms with E-state index >= 15 is 0 Å². The molecule has 1 atom stereocenters. The Morgan fingerprint density at radius 1 is 1.53 bits per heavy atom. The number of nitrogens with two attached hydrogens (primary N) is 1. The van der Waals surface area contributed by atoms with Crippen molar-refractivity contribution in [2.45, 2.75) is 19.8 Å². The molecule has 1 aromatic carbocycles. The molecule has 3 nitrogen and oxygen atoms in total. The zero-order chi connectivity index (χ0) is 12.8. The van der Waals surface area contributed by atoms with Crippen molar-refractivity contribution < 1.29 is 4.79 Å². The number of anilines is 1. The van der Waals surface area contributed by atoms with Crippen molar-refractivity contribution in [3.05, 3.63) is 27.8 Å². The van der Waals surface area contributed by atoms with Crippen LogP contribution < -0.4 is 11.1 Å². The van der Waals surface area contributed by atoms with Crippen LogP contribution >= 0.6 is 34.8 Å². The molecule has 1 aromatic rings. The molecule has 0 aliphatic heterocycles. The number of hydrogen-bond acceptors (Lipinski definition) is 2. The summed E-state index contributed by atoms with van der Waals surface area (Å²) in [4.78, 5) is 12.3. The third-order valence-corrected chi connectivity index (χ3v) is 3.59. The SMILES string of the molecule is CCCC(C(=O)Nc1ccccc1I)C(N)=S. The standard InChI is InChI=1S/C12H15IN2OS/c1-2-5-8(11(14)17)12(16)15-10-7-4-3-6-9(10)13/h3-4,6-8H,2,5H2,1H3,(H2,14,17)(H,15,16). The van der Waals surface area contributed by atoms with Gasteiger partial charge in [0.2, 0.25) is 5.91 Å². The smallest absolute Gasteiger partial charge is 0.234 e. The fourth-order valence-electron chi connectivity index (χ4n) is 1.47. The van der Waals surface area contributed by atoms with Gasteiger partial charge in [-0.25, -0.2) is 0 Å². The van der Waals surface area contributed by atoms with Gasteiger partial charge in [-0.3, -0.25) is 4.79 Å². The highest BCUT2D eigenvalue weighted by atomic mass is 127. The van der Waals surface area contributed by atoms with Crippen LogP contribution in [-0.2, 0) is 4.79 Å². The van der Waals surface area contributed by atoms with Crippen LogP contribution in [0.5, 0.6) is 0 Å². The van der Waals surface area contributed by atoms with Gasteiger partial charge >= 0.3 is 0 Å². The van der Waals surface area contributed by atoms with Gasteiger partial charge in [0, 0.05) is 3.57 Å². The normalized spacial score (nSPS) is 11.9. The van der Waals surface area contributed by atoms with E-state index in [1.807, 2.05) is 31.2 Å². The Bertz CT molecular complexity index is 423. The van der Waals surface area contributed by atoms with Crippen LogP contribution in [0, 0.1) is 9.49 Å². The van der Waals surface area contributed by atoms with Gasteiger partial charge in [-0.15, -0.1) is 0 Å². The molecule has 0 bridgehead atoms. The molecule has 0 aliphatic rings. The van der Waals surface area contributed by atoms with Gasteiger partial charge in [0.1, 0.15) is 0 Å². The molecular weight excluding hydrogens is 347 g/mol. The van der Waals surface area contributed by atoms with Gasteiger partial charge in [0.15, 0.2) is 0 Å². The average molecular weight is 362 g/mol. The predicted octanol–water partition coefficient (Wildman–Crippen LogP) is 2.93. The van der Waals surface area contributed by atoms with Gasteiger partial charge in [0.05, 0.1) is 16.6 Å². The molecule has 0 heterocycles. The van der Waals surface area contributed by atoms with Crippen LogP contribution in [0.15, 0.2) is 24.3 Å². The number of carbonyl (C=O) groups is 1. The molecule has 0 spiro atoms. The van der Waals surface area contributed by atoms with E-state index in [1.165, 1.54) is 0 Å². The van der Waals surface area contributed by atoms with Crippen molar-refractivity contribution in [3.63, 3.8) is 0 Å². The molecule has 3 N–H and O–H groups in total. The second kappa shape index (κ2) is 6.90. The van der Waals surface area contributed by atoms with Crippen LogP contribution in [0.4, 0.5) is 5.69 Å². The molecule has 0 saturated heterocycles. The summed E-state index contributed by atoms with van der Waals surface area (Å²) in [6.45, 7) is 2.00. The Balaban J connectivity index is 2.77. The minimum Gasteiger partial charge on any atom is -0.393 e. The van der Waals surface area contributed by atoms with E-state index in [0.29, 0.717) is 6.42 Å². The number of hydrogen-bond donors (Lipinski definition) is 2. The largest absolute Gasteiger partial charge is 0.393 e. The summed E-state index contributed by atoms with van der Waals surface area (Å²) in [6, 6.07) is 7.61. The minimum atomic E-state index is -0.383. The summed E-state index contributed by atoms with van der Waals surface area (Å²) in [5, 5.41) is 2.86. The van der Waals surface area contributed by atoms with Crippen LogP contribution in [-0.4, -0.2) is 10.9 Å². The lowest BCUT2D eigenvalue weighted by atomic mass is 10.0. The maximum atomic E-state index is 12.0. The molecular formula is C12H15IN2OS. The maximum absolute atomic E-state index is 12.0. The number of rotatable bonds is 5. The Labute approximate surface area is 120 Å². The number of halogens is 1. The molecule has 0 saturated carbocycles. The van der Waals surface area contributed by atoms with Crippen molar-refractivity contribution in [1.82, 2.24) is 0 Å². The van der Waals surface area contributed by atoms with Crippen molar-refractivity contribution in [3.8, 4) is 0 Å². The molecule has 1 unspecified atom stereocenters. The van der Waals surface area contributed by atoms with Crippen molar-refractivity contribution in [2.24, 2.45) is 11.7 Å². The first-order valence-electron chi connectivity index (χ1n) is 5.41. The highest BCUT2D eigenvalue weighted by Gasteiger charge is 2.20. The van der Waals surface area contributed by atoms with E-state index in [1.54, 1.807) is 0 Å². The molecule has 0 aromatic heterocycles. The lowest BCUT2D eigenvalue weighted by Crippen LogP contribution is -2.33. The minimum absolute atomic E-state index is 0.122. The number of carbonyl (C=O) groups excluding carboxylic acids is 1. The quantitative estimate of drug-likeness (QED) is 0.626. The number of amides is 1. The Morgan fingerprint density at radius 3 is 2.71 bits per heavy atom. The van der Waals surface area contributed by atoms with Crippen molar-refractivity contribution in [1.29, 1.82) is 0 Å². The highest BCUT2D eigenvalue weighted by molar-refractivity contribution is 14.1. The number of benzene rings is 1. The van der Waals surface area contributed by atoms with Gasteiger partial charge in [-0.1, -0.05) is 37.7 Å². The first kappa shape index (κ1) is 14.4. The van der Waals surface area contributed by atoms with Crippen LogP contribution in [0.1, 0.15) is 19.8 Å². The van der Waals surface area contributed by atoms with E-state index in [4.69, 9.17) is 18.0 Å². The van der Waals surface area contributed by atoms with E-state index in [9.17, 15) is 4.79 Å². The molecule has 92 valence electrons. The van der Waals surface area contributed by atoms with E-state index < -0.39 is 0 Å². The summed E-state index contributed by atoms with van der Waals surface area (Å²) in [5.41, 5.74) is 6.39. The topological polar surface area (TPSA) is 55.1 Å². The fourth-order valence-corrected chi connectivity index (χ4v) is 2.22. The second-order valence-electron chi connectivity index (χ2n) is 3.71. The monoisotopic (exact) mass is 362 g/mol. The Kier molecular flexibility index (Phi) is 5.84. The van der Waals surface area contributed by atoms with E-state index in [2.05, 4.69) is 27.9 Å². The van der Waals surface area contributed by atoms with E-state index in [-0.39, 0.29) is 16.8 Å². The van der Waals surface area contributed by atoms with Gasteiger partial charge in [-0.05, 0) is 41.1 Å². The zero-order valence-corrected chi connectivity index (χ0v) is 12.5. The molecule has 0 radical (unpaired) electrons. The summed E-state index contributed by atoms with van der Waals surface area (Å²) in [5.74, 6) is -0.505. The zero-order valence-electron chi connectivity index (χ0n) is 9.57. The van der Waals surface area contributed by atoms with Gasteiger partial charge < -0.3 is 11.1 Å². The second-order valence-corrected chi connectivity index (χ2v) is 5.35. The van der Waals surface area contributed by atoms with Crippen LogP contribution in [0.25, 0.3) is 0 Å². The van der Waals surface area contributed by atoms with Crippen molar-refractivity contribution >= 4 is 51.4 Å². The lowest BCUT2D eigenvalue weighted by Gasteiger charge is -2.15. The Morgan fingerprint density at radius 2 is 2.18 bits per heavy atom. The molecule has 5 heteroatoms. The number of nitrogens with one attached hydrogen (secondary N) is 1. The molecule has 17 heavy (non-hydrogen) atoms. The van der Waals surface area contributed by atoms with Crippen molar-refractivity contribution in [2.75, 3.05) is 5.32 Å². The van der Waals surface area contributed by atoms with E-state index in [0.717, 1.165) is 15.7 Å². The first-order chi connectivity index (χ1) is 8.06. The molecule has 0 aliphatic carbocycles. The number of thiocarbonyl (C=S) groups is 1. The van der Waals surface area contributed by atoms with Gasteiger partial charge in [0.25, 0.3) is 0 Å². The van der Waals surface area contributed by atoms with Crippen LogP contribution in [0.3, 0.4) is 0 Å². The first-order valence-corrected chi connectivity index (χ1v) is 6.89. The summed E-state index contributed by atoms with van der Waals surface area (Å²) < 4.78 is 0.997. The third-order valence-electron chi connectivity index (χ3n) is 2.37. The highest BCUT2D eigenvalue weighted by Crippen LogP contribution is 2.19. The van der Waals surface area contributed by atoms with Crippen LogP contribution in [0.2, 0.25) is 0 Å². The fraction of sp³-hybridized carbons (Fsp3) is 0.333. The molecule has 0 fully saturated rings. The molecule has 1 amide bonds. The number of para-hydroxylation sites is 1. The third kappa shape index (κ3) is 4.23. The summed E-state index contributed by atoms with van der Waals surface area (Å²) >= 11 is 7.10. The lowest BCUT2D eigenvalue weighted by molar-refractivity contribution is -0.118. The molecule has 1 rings (SSSR count).